The van der Waals surface area contributed by atoms with E-state index < -0.39 is 58.3 Å². The van der Waals surface area contributed by atoms with Crippen LogP contribution >= 0.6 is 11.6 Å². The van der Waals surface area contributed by atoms with Gasteiger partial charge in [-0.05, 0) is 48.3 Å². The number of nitrogens with one attached hydrogen (secondary N) is 3. The number of amides is 5. The quantitative estimate of drug-likeness (QED) is 0.299. The second-order valence-electron chi connectivity index (χ2n) is 13.1. The Kier molecular flexibility index (Phi) is 7.68. The number of hydrogen-bond donors (Lipinski definition) is 3. The smallest absolute Gasteiger partial charge is 0.291 e. The molecule has 0 bridgehead atoms. The lowest BCUT2D eigenvalue weighted by Gasteiger charge is -2.36. The molecule has 2 aliphatic heterocycles. The van der Waals surface area contributed by atoms with Gasteiger partial charge in [0.05, 0.1) is 12.5 Å². The van der Waals surface area contributed by atoms with Crippen molar-refractivity contribution in [1.29, 1.82) is 0 Å². The maximum atomic E-state index is 14.5. The number of carbonyl (C=O) groups is 5. The van der Waals surface area contributed by atoms with Gasteiger partial charge in [-0.3, -0.25) is 29.4 Å². The first-order valence-corrected chi connectivity index (χ1v) is 13.9. The molecule has 0 radical (unpaired) electrons. The molecule has 39 heavy (non-hydrogen) atoms. The number of halogens is 3. The van der Waals surface area contributed by atoms with E-state index >= 15 is 0 Å². The monoisotopic (exact) mass is 573 g/mol. The van der Waals surface area contributed by atoms with Crippen molar-refractivity contribution < 1.29 is 32.8 Å². The lowest BCUT2D eigenvalue weighted by molar-refractivity contribution is -0.150. The summed E-state index contributed by atoms with van der Waals surface area (Å²) < 4.78 is 28.3. The van der Waals surface area contributed by atoms with Crippen molar-refractivity contribution in [3.8, 4) is 0 Å². The third-order valence-electron chi connectivity index (χ3n) is 8.54. The van der Waals surface area contributed by atoms with E-state index in [2.05, 4.69) is 16.1 Å². The molecule has 0 aromatic carbocycles. The molecule has 2 saturated carbocycles. The highest BCUT2D eigenvalue weighted by Crippen LogP contribution is 2.65. The minimum Gasteiger partial charge on any atom is -0.356 e. The van der Waals surface area contributed by atoms with E-state index in [1.165, 1.54) is 4.90 Å². The number of nitrogens with zero attached hydrogens (tertiary/aromatic N) is 2. The third kappa shape index (κ3) is 6.00. The van der Waals surface area contributed by atoms with Crippen molar-refractivity contribution in [2.24, 2.45) is 28.6 Å². The molecule has 0 spiro atoms. The van der Waals surface area contributed by atoms with Crippen LogP contribution in [0, 0.1) is 28.6 Å². The fourth-order valence-corrected chi connectivity index (χ4v) is 6.12. The Hall–Kier alpha value is -2.50. The van der Waals surface area contributed by atoms with Crippen LogP contribution in [-0.4, -0.2) is 82.5 Å². The standard InChI is InChI=1S/C26H38ClF2N5O5/c1-24(2,3)10-15(31-23(39)26(29)7-8-26)21(37)33-12-14-16(25(14,4)5)17(33)20(36)32-34(22(38)18(27)28)11-13-6-9-30-19(13)35/h13-18H,6-12H2,1-5H3,(H,30,35)(H,31,39)(H,32,36)/t13-,14-,15?,16-,17-,18?/m0/s1. The van der Waals surface area contributed by atoms with E-state index in [0.29, 0.717) is 13.0 Å². The van der Waals surface area contributed by atoms with Crippen molar-refractivity contribution in [1.82, 2.24) is 26.0 Å². The number of fused-ring (bicyclic) bond motifs is 1. The molecule has 5 amide bonds. The molecular weight excluding hydrogens is 536 g/mol. The van der Waals surface area contributed by atoms with Gasteiger partial charge >= 0.3 is 0 Å². The van der Waals surface area contributed by atoms with Crippen LogP contribution in [0.4, 0.5) is 8.78 Å². The maximum Gasteiger partial charge on any atom is 0.291 e. The molecule has 2 saturated heterocycles. The highest BCUT2D eigenvalue weighted by atomic mass is 35.5. The predicted molar refractivity (Wildman–Crippen MR) is 137 cm³/mol. The second kappa shape index (κ2) is 10.2. The number of hydrazine groups is 1. The van der Waals surface area contributed by atoms with Gasteiger partial charge in [0.15, 0.2) is 5.67 Å². The molecule has 13 heteroatoms. The molecule has 10 nitrogen and oxygen atoms in total. The first-order chi connectivity index (χ1) is 18.0. The molecule has 4 fully saturated rings. The zero-order valence-corrected chi connectivity index (χ0v) is 23.7. The average Bonchev–Trinajstić information content (AvgIpc) is 3.51. The van der Waals surface area contributed by atoms with E-state index in [-0.39, 0.29) is 55.5 Å². The van der Waals surface area contributed by atoms with Gasteiger partial charge in [-0.1, -0.05) is 46.2 Å². The predicted octanol–water partition coefficient (Wildman–Crippen LogP) is 1.42. The summed E-state index contributed by atoms with van der Waals surface area (Å²) >= 11 is 5.40. The van der Waals surface area contributed by atoms with Crippen LogP contribution in [0.5, 0.6) is 0 Å². The van der Waals surface area contributed by atoms with Crippen molar-refractivity contribution in [3.05, 3.63) is 0 Å². The Morgan fingerprint density at radius 1 is 1.23 bits per heavy atom. The lowest BCUT2D eigenvalue weighted by atomic mass is 9.87. The number of likely N-dealkylation sites (tertiary alicyclic amines) is 1. The highest BCUT2D eigenvalue weighted by Gasteiger charge is 2.70. The van der Waals surface area contributed by atoms with Crippen LogP contribution in [0.1, 0.15) is 60.3 Å². The molecule has 218 valence electrons. The fourth-order valence-electron chi connectivity index (χ4n) is 6.00. The van der Waals surface area contributed by atoms with Crippen molar-refractivity contribution in [2.45, 2.75) is 83.7 Å². The summed E-state index contributed by atoms with van der Waals surface area (Å²) in [5.41, 5.74) is -2.66. The van der Waals surface area contributed by atoms with Gasteiger partial charge in [-0.2, -0.15) is 0 Å². The minimum absolute atomic E-state index is 0.00847. The van der Waals surface area contributed by atoms with Gasteiger partial charge in [0.1, 0.15) is 12.1 Å². The number of hydrogen-bond acceptors (Lipinski definition) is 5. The zero-order chi connectivity index (χ0) is 29.1. The van der Waals surface area contributed by atoms with Crippen LogP contribution < -0.4 is 16.1 Å². The number of alkyl halides is 3. The summed E-state index contributed by atoms with van der Waals surface area (Å²) in [5.74, 6) is -4.51. The van der Waals surface area contributed by atoms with Crippen molar-refractivity contribution in [2.75, 3.05) is 19.6 Å². The largest absolute Gasteiger partial charge is 0.356 e. The molecule has 4 aliphatic rings. The molecule has 6 atom stereocenters. The first-order valence-electron chi connectivity index (χ1n) is 13.4. The fraction of sp³-hybridized carbons (Fsp3) is 0.808. The summed E-state index contributed by atoms with van der Waals surface area (Å²) in [7, 11) is 0. The normalized spacial score (nSPS) is 29.5. The molecule has 0 aromatic heterocycles. The summed E-state index contributed by atoms with van der Waals surface area (Å²) in [6.45, 7) is 9.97. The van der Waals surface area contributed by atoms with E-state index in [4.69, 9.17) is 11.6 Å². The van der Waals surface area contributed by atoms with Gasteiger partial charge < -0.3 is 15.5 Å². The number of carbonyl (C=O) groups excluding carboxylic acids is 5. The molecule has 2 aliphatic carbocycles. The van der Waals surface area contributed by atoms with Gasteiger partial charge in [0.25, 0.3) is 23.4 Å². The molecule has 2 heterocycles. The van der Waals surface area contributed by atoms with Gasteiger partial charge in [0, 0.05) is 13.1 Å². The molecule has 2 unspecified atom stereocenters. The molecule has 4 rings (SSSR count). The van der Waals surface area contributed by atoms with Gasteiger partial charge in [0.2, 0.25) is 11.8 Å². The number of rotatable bonds is 8. The second-order valence-corrected chi connectivity index (χ2v) is 13.5. The zero-order valence-electron chi connectivity index (χ0n) is 23.0. The summed E-state index contributed by atoms with van der Waals surface area (Å²) in [6.07, 6.45) is 0.810. The van der Waals surface area contributed by atoms with Gasteiger partial charge in [-0.25, -0.2) is 13.8 Å². The molecular formula is C26H38ClF2N5O5. The summed E-state index contributed by atoms with van der Waals surface area (Å²) in [6, 6.07) is -2.07. The van der Waals surface area contributed by atoms with E-state index in [1.807, 2.05) is 34.6 Å². The summed E-state index contributed by atoms with van der Waals surface area (Å²) in [4.78, 5) is 66.0. The van der Waals surface area contributed by atoms with E-state index in [9.17, 15) is 32.8 Å². The van der Waals surface area contributed by atoms with Crippen LogP contribution in [0.3, 0.4) is 0 Å². The average molecular weight is 574 g/mol. The summed E-state index contributed by atoms with van der Waals surface area (Å²) in [5, 5.41) is 5.92. The Balaban J connectivity index is 1.56. The highest BCUT2D eigenvalue weighted by molar-refractivity contribution is 6.29. The maximum absolute atomic E-state index is 14.5. The topological polar surface area (TPSA) is 128 Å². The van der Waals surface area contributed by atoms with Crippen LogP contribution in [0.25, 0.3) is 0 Å². The van der Waals surface area contributed by atoms with Crippen LogP contribution in [0.2, 0.25) is 0 Å². The third-order valence-corrected chi connectivity index (χ3v) is 8.73. The van der Waals surface area contributed by atoms with Crippen LogP contribution in [-0.2, 0) is 24.0 Å². The Labute approximate surface area is 231 Å². The van der Waals surface area contributed by atoms with E-state index in [1.54, 1.807) is 0 Å². The first kappa shape index (κ1) is 29.5. The Morgan fingerprint density at radius 3 is 2.38 bits per heavy atom. The van der Waals surface area contributed by atoms with Gasteiger partial charge in [-0.15, -0.1) is 0 Å². The molecule has 3 N–H and O–H groups in total. The van der Waals surface area contributed by atoms with Crippen LogP contribution in [0.15, 0.2) is 0 Å². The Bertz CT molecular complexity index is 1060. The Morgan fingerprint density at radius 2 is 1.87 bits per heavy atom. The minimum atomic E-state index is -2.44. The van der Waals surface area contributed by atoms with Crippen molar-refractivity contribution in [3.63, 3.8) is 0 Å². The van der Waals surface area contributed by atoms with Crippen molar-refractivity contribution >= 4 is 41.1 Å². The molecule has 0 aromatic rings. The van der Waals surface area contributed by atoms with E-state index in [0.717, 1.165) is 5.01 Å². The lowest BCUT2D eigenvalue weighted by Crippen LogP contribution is -2.60. The SMILES string of the molecule is CC(C)(C)CC(NC(=O)C1(F)CC1)C(=O)N1C[C@H]2[C@@H]([C@H]1C(=O)NN(C[C@@H]1CCNC1=O)C(=O)C(F)Cl)C2(C)C. The number of piperidine rings is 1.